The highest BCUT2D eigenvalue weighted by Crippen LogP contribution is 2.17. The van der Waals surface area contributed by atoms with Gasteiger partial charge in [0, 0.05) is 10.0 Å². The predicted octanol–water partition coefficient (Wildman–Crippen LogP) is 7.14. The van der Waals surface area contributed by atoms with Gasteiger partial charge in [-0.15, -0.1) is 0 Å². The van der Waals surface area contributed by atoms with Crippen LogP contribution in [0.2, 0.25) is 10.0 Å². The van der Waals surface area contributed by atoms with E-state index in [1.54, 1.807) is 0 Å². The number of hydrogen-bond donors (Lipinski definition) is 0. The lowest BCUT2D eigenvalue weighted by atomic mass is 10.0. The Labute approximate surface area is 133 Å². The smallest absolute Gasteiger partial charge is 0.0408 e. The second-order valence-corrected chi connectivity index (χ2v) is 5.38. The molecule has 0 N–H and O–H groups in total. The van der Waals surface area contributed by atoms with Crippen LogP contribution in [-0.2, 0) is 0 Å². The third kappa shape index (κ3) is 8.24. The van der Waals surface area contributed by atoms with Crippen LogP contribution >= 0.6 is 23.2 Å². The van der Waals surface area contributed by atoms with Crippen LogP contribution in [0, 0.1) is 6.92 Å². The monoisotopic (exact) mass is 310 g/mol. The summed E-state index contributed by atoms with van der Waals surface area (Å²) in [5, 5.41) is 1.63. The molecule has 0 saturated carbocycles. The Hall–Kier alpha value is -0.980. The van der Waals surface area contributed by atoms with Crippen molar-refractivity contribution < 1.29 is 0 Å². The molecule has 110 valence electrons. The molecular weight excluding hydrogens is 287 g/mol. The summed E-state index contributed by atoms with van der Waals surface area (Å²) in [5.41, 5.74) is 2.54. The highest BCUT2D eigenvalue weighted by atomic mass is 35.5. The van der Waals surface area contributed by atoms with Crippen LogP contribution in [0.3, 0.4) is 0 Å². The van der Waals surface area contributed by atoms with E-state index in [1.165, 1.54) is 11.1 Å². The van der Waals surface area contributed by atoms with Gasteiger partial charge in [0.1, 0.15) is 0 Å². The Morgan fingerprint density at radius 2 is 1.35 bits per heavy atom. The Kier molecular flexibility index (Phi) is 10.2. The molecule has 2 aromatic rings. The standard InChI is InChI=1S/C9H11Cl.C7H7Cl.C2H6/c1-7(2)8-4-3-5-9(10)6-8;1-6-2-4-7(8)5-3-6;1-2/h3-7H,1-2H3;2-5H,1H3;1-2H3. The molecule has 0 nitrogen and oxygen atoms in total. The summed E-state index contributed by atoms with van der Waals surface area (Å²) in [4.78, 5) is 0. The molecule has 2 heteroatoms. The number of rotatable bonds is 1. The minimum Gasteiger partial charge on any atom is -0.0843 e. The Balaban J connectivity index is 0.000000327. The average molecular weight is 311 g/mol. The average Bonchev–Trinajstić information content (AvgIpc) is 2.45. The molecule has 0 radical (unpaired) electrons. The second kappa shape index (κ2) is 10.8. The molecule has 0 aliphatic rings. The molecule has 0 saturated heterocycles. The SMILES string of the molecule is CC.CC(C)c1cccc(Cl)c1.Cc1ccc(Cl)cc1. The molecule has 0 heterocycles. The molecule has 0 bridgehead atoms. The van der Waals surface area contributed by atoms with Crippen LogP contribution < -0.4 is 0 Å². The lowest BCUT2D eigenvalue weighted by Gasteiger charge is -2.03. The molecule has 0 unspecified atom stereocenters. The van der Waals surface area contributed by atoms with E-state index in [0.717, 1.165) is 10.0 Å². The van der Waals surface area contributed by atoms with Gasteiger partial charge in [-0.2, -0.15) is 0 Å². The van der Waals surface area contributed by atoms with Gasteiger partial charge in [0.2, 0.25) is 0 Å². The minimum atomic E-state index is 0.568. The number of hydrogen-bond acceptors (Lipinski definition) is 0. The van der Waals surface area contributed by atoms with Crippen LogP contribution in [-0.4, -0.2) is 0 Å². The summed E-state index contributed by atoms with van der Waals surface area (Å²) >= 11 is 11.4. The van der Waals surface area contributed by atoms with Crippen molar-refractivity contribution in [2.24, 2.45) is 0 Å². The molecule has 2 rings (SSSR count). The molecule has 0 fully saturated rings. The van der Waals surface area contributed by atoms with E-state index >= 15 is 0 Å². The summed E-state index contributed by atoms with van der Waals surface area (Å²) in [6.45, 7) is 10.4. The maximum Gasteiger partial charge on any atom is 0.0408 e. The topological polar surface area (TPSA) is 0 Å². The highest BCUT2D eigenvalue weighted by Gasteiger charge is 1.97. The van der Waals surface area contributed by atoms with Gasteiger partial charge in [-0.05, 0) is 42.7 Å². The summed E-state index contributed by atoms with van der Waals surface area (Å²) in [6.07, 6.45) is 0. The van der Waals surface area contributed by atoms with E-state index in [1.807, 2.05) is 63.2 Å². The first-order valence-electron chi connectivity index (χ1n) is 6.96. The Morgan fingerprint density at radius 1 is 0.800 bits per heavy atom. The number of halogens is 2. The first-order valence-corrected chi connectivity index (χ1v) is 7.72. The molecule has 20 heavy (non-hydrogen) atoms. The molecule has 0 aromatic heterocycles. The van der Waals surface area contributed by atoms with Crippen molar-refractivity contribution in [2.75, 3.05) is 0 Å². The minimum absolute atomic E-state index is 0.568. The van der Waals surface area contributed by atoms with E-state index in [0.29, 0.717) is 5.92 Å². The van der Waals surface area contributed by atoms with Gasteiger partial charge >= 0.3 is 0 Å². The van der Waals surface area contributed by atoms with Gasteiger partial charge in [0.15, 0.2) is 0 Å². The van der Waals surface area contributed by atoms with Crippen LogP contribution in [0.15, 0.2) is 48.5 Å². The maximum atomic E-state index is 5.79. The molecule has 0 spiro atoms. The first-order chi connectivity index (χ1) is 9.49. The predicted molar refractivity (Wildman–Crippen MR) is 93.1 cm³/mol. The third-order valence-electron chi connectivity index (χ3n) is 2.53. The molecule has 0 aliphatic carbocycles. The fourth-order valence-corrected chi connectivity index (χ4v) is 1.72. The van der Waals surface area contributed by atoms with Crippen molar-refractivity contribution in [1.29, 1.82) is 0 Å². The maximum absolute atomic E-state index is 5.79. The largest absolute Gasteiger partial charge is 0.0843 e. The Morgan fingerprint density at radius 3 is 1.70 bits per heavy atom. The van der Waals surface area contributed by atoms with Crippen LogP contribution in [0.1, 0.15) is 44.7 Å². The molecule has 0 aliphatic heterocycles. The summed E-state index contributed by atoms with van der Waals surface area (Å²) in [6, 6.07) is 15.7. The molecule has 0 atom stereocenters. The van der Waals surface area contributed by atoms with E-state index < -0.39 is 0 Å². The molecule has 2 aromatic carbocycles. The third-order valence-corrected chi connectivity index (χ3v) is 3.01. The summed E-state index contributed by atoms with van der Waals surface area (Å²) < 4.78 is 0. The number of aryl methyl sites for hydroxylation is 1. The zero-order valence-electron chi connectivity index (χ0n) is 13.0. The van der Waals surface area contributed by atoms with Crippen molar-refractivity contribution in [1.82, 2.24) is 0 Å². The van der Waals surface area contributed by atoms with E-state index in [-0.39, 0.29) is 0 Å². The first kappa shape index (κ1) is 19.0. The van der Waals surface area contributed by atoms with Gasteiger partial charge in [-0.25, -0.2) is 0 Å². The zero-order chi connectivity index (χ0) is 15.5. The van der Waals surface area contributed by atoms with E-state index in [9.17, 15) is 0 Å². The summed E-state index contributed by atoms with van der Waals surface area (Å²) in [7, 11) is 0. The quantitative estimate of drug-likeness (QED) is 0.525. The second-order valence-electron chi connectivity index (χ2n) is 4.51. The number of benzene rings is 2. The van der Waals surface area contributed by atoms with Gasteiger partial charge in [-0.3, -0.25) is 0 Å². The lowest BCUT2D eigenvalue weighted by Crippen LogP contribution is -1.84. The van der Waals surface area contributed by atoms with E-state index in [4.69, 9.17) is 23.2 Å². The van der Waals surface area contributed by atoms with Crippen LogP contribution in [0.4, 0.5) is 0 Å². The van der Waals surface area contributed by atoms with Crippen molar-refractivity contribution in [3.05, 3.63) is 69.7 Å². The molecule has 0 amide bonds. The van der Waals surface area contributed by atoms with Gasteiger partial charge in [0.25, 0.3) is 0 Å². The Bertz CT molecular complexity index is 452. The van der Waals surface area contributed by atoms with Crippen molar-refractivity contribution in [3.8, 4) is 0 Å². The van der Waals surface area contributed by atoms with Crippen molar-refractivity contribution in [2.45, 2.75) is 40.5 Å². The fraction of sp³-hybridized carbons (Fsp3) is 0.333. The zero-order valence-corrected chi connectivity index (χ0v) is 14.5. The fourth-order valence-electron chi connectivity index (χ4n) is 1.40. The van der Waals surface area contributed by atoms with Gasteiger partial charge in [0.05, 0.1) is 0 Å². The van der Waals surface area contributed by atoms with Crippen LogP contribution in [0.5, 0.6) is 0 Å². The van der Waals surface area contributed by atoms with E-state index in [2.05, 4.69) is 19.9 Å². The van der Waals surface area contributed by atoms with Crippen molar-refractivity contribution >= 4 is 23.2 Å². The highest BCUT2D eigenvalue weighted by molar-refractivity contribution is 6.30. The van der Waals surface area contributed by atoms with Crippen molar-refractivity contribution in [3.63, 3.8) is 0 Å². The van der Waals surface area contributed by atoms with Gasteiger partial charge in [-0.1, -0.05) is 80.7 Å². The van der Waals surface area contributed by atoms with Crippen LogP contribution in [0.25, 0.3) is 0 Å². The normalized spacial score (nSPS) is 9.20. The molecular formula is C18H24Cl2. The lowest BCUT2D eigenvalue weighted by molar-refractivity contribution is 0.867. The summed E-state index contributed by atoms with van der Waals surface area (Å²) in [5.74, 6) is 0.568. The van der Waals surface area contributed by atoms with Gasteiger partial charge < -0.3 is 0 Å².